The van der Waals surface area contributed by atoms with Crippen molar-refractivity contribution in [3.63, 3.8) is 0 Å². The van der Waals surface area contributed by atoms with Gasteiger partial charge in [0.05, 0.1) is 25.5 Å². The van der Waals surface area contributed by atoms with Gasteiger partial charge in [-0.3, -0.25) is 4.68 Å². The molecular weight excluding hydrogens is 214 g/mol. The van der Waals surface area contributed by atoms with Crippen LogP contribution in [0.5, 0.6) is 0 Å². The van der Waals surface area contributed by atoms with Gasteiger partial charge in [-0.05, 0) is 16.7 Å². The minimum Gasteiger partial charge on any atom is -0.372 e. The van der Waals surface area contributed by atoms with E-state index in [0.717, 1.165) is 17.7 Å². The molecule has 0 bridgehead atoms. The van der Waals surface area contributed by atoms with E-state index in [9.17, 15) is 0 Å². The third kappa shape index (κ3) is 1.85. The molecule has 1 aromatic carbocycles. The lowest BCUT2D eigenvalue weighted by atomic mass is 9.98. The summed E-state index contributed by atoms with van der Waals surface area (Å²) in [6.45, 7) is 1.42. The average Bonchev–Trinajstić information content (AvgIpc) is 2.95. The number of fused-ring (bicyclic) bond motifs is 1. The third-order valence-electron chi connectivity index (χ3n) is 3.19. The van der Waals surface area contributed by atoms with Crippen LogP contribution in [0.25, 0.3) is 0 Å². The summed E-state index contributed by atoms with van der Waals surface area (Å²) in [6.07, 6.45) is 3.77. The van der Waals surface area contributed by atoms with E-state index in [-0.39, 0.29) is 6.04 Å². The van der Waals surface area contributed by atoms with Gasteiger partial charge in [0.2, 0.25) is 0 Å². The van der Waals surface area contributed by atoms with Gasteiger partial charge >= 0.3 is 0 Å². The van der Waals surface area contributed by atoms with Crippen molar-refractivity contribution in [3.8, 4) is 0 Å². The fourth-order valence-electron chi connectivity index (χ4n) is 2.18. The fourth-order valence-corrected chi connectivity index (χ4v) is 2.18. The Morgan fingerprint density at radius 3 is 2.88 bits per heavy atom. The van der Waals surface area contributed by atoms with Crippen molar-refractivity contribution in [2.24, 2.45) is 12.8 Å². The van der Waals surface area contributed by atoms with E-state index in [1.807, 2.05) is 19.4 Å². The molecule has 0 spiro atoms. The quantitative estimate of drug-likeness (QED) is 0.849. The summed E-state index contributed by atoms with van der Waals surface area (Å²) in [7, 11) is 1.90. The van der Waals surface area contributed by atoms with Crippen LogP contribution in [0.2, 0.25) is 0 Å². The molecule has 3 rings (SSSR count). The van der Waals surface area contributed by atoms with E-state index in [1.54, 1.807) is 4.68 Å². The van der Waals surface area contributed by atoms with E-state index in [2.05, 4.69) is 23.3 Å². The van der Waals surface area contributed by atoms with Gasteiger partial charge in [-0.2, -0.15) is 5.10 Å². The van der Waals surface area contributed by atoms with Gasteiger partial charge in [0.15, 0.2) is 0 Å². The summed E-state index contributed by atoms with van der Waals surface area (Å²) < 4.78 is 7.17. The van der Waals surface area contributed by atoms with Gasteiger partial charge in [0, 0.05) is 18.8 Å². The SMILES string of the molecule is Cn1cc(C(N)c2ccc3c(c2)COC3)cn1. The Hall–Kier alpha value is -1.65. The van der Waals surface area contributed by atoms with Crippen molar-refractivity contribution in [2.45, 2.75) is 19.3 Å². The van der Waals surface area contributed by atoms with Gasteiger partial charge < -0.3 is 10.5 Å². The molecule has 1 aliphatic rings. The zero-order valence-electron chi connectivity index (χ0n) is 9.76. The molecule has 0 saturated heterocycles. The average molecular weight is 229 g/mol. The first-order valence-corrected chi connectivity index (χ1v) is 5.67. The van der Waals surface area contributed by atoms with Crippen molar-refractivity contribution in [3.05, 3.63) is 52.8 Å². The monoisotopic (exact) mass is 229 g/mol. The minimum absolute atomic E-state index is 0.116. The van der Waals surface area contributed by atoms with Crippen LogP contribution < -0.4 is 5.73 Å². The Bertz CT molecular complexity index is 547. The standard InChI is InChI=1S/C13H15N3O/c1-16-6-12(5-15-16)13(14)9-2-3-10-7-17-8-11(10)4-9/h2-6,13H,7-8,14H2,1H3. The second kappa shape index (κ2) is 3.98. The molecule has 0 saturated carbocycles. The lowest BCUT2D eigenvalue weighted by molar-refractivity contribution is 0.134. The Labute approximate surface area is 100 Å². The van der Waals surface area contributed by atoms with Crippen molar-refractivity contribution in [2.75, 3.05) is 0 Å². The predicted octanol–water partition coefficient (Wildman–Crippen LogP) is 1.50. The van der Waals surface area contributed by atoms with Gasteiger partial charge in [-0.15, -0.1) is 0 Å². The fraction of sp³-hybridized carbons (Fsp3) is 0.308. The Balaban J connectivity index is 1.94. The number of hydrogen-bond donors (Lipinski definition) is 1. The van der Waals surface area contributed by atoms with Gasteiger partial charge in [-0.1, -0.05) is 18.2 Å². The number of hydrogen-bond acceptors (Lipinski definition) is 3. The van der Waals surface area contributed by atoms with Crippen LogP contribution in [0.4, 0.5) is 0 Å². The lowest BCUT2D eigenvalue weighted by Gasteiger charge is -2.11. The highest BCUT2D eigenvalue weighted by Gasteiger charge is 2.15. The Morgan fingerprint density at radius 2 is 2.12 bits per heavy atom. The Morgan fingerprint density at radius 1 is 1.29 bits per heavy atom. The molecular formula is C13H15N3O. The zero-order valence-corrected chi connectivity index (χ0v) is 9.76. The largest absolute Gasteiger partial charge is 0.372 e. The summed E-state index contributed by atoms with van der Waals surface area (Å²) in [6, 6.07) is 6.20. The molecule has 2 N–H and O–H groups in total. The molecule has 0 radical (unpaired) electrons. The molecule has 1 aliphatic heterocycles. The maximum absolute atomic E-state index is 6.23. The van der Waals surface area contributed by atoms with Crippen LogP contribution in [0.3, 0.4) is 0 Å². The molecule has 2 aromatic rings. The number of nitrogens with two attached hydrogens (primary N) is 1. The Kier molecular flexibility index (Phi) is 2.46. The maximum atomic E-state index is 6.23. The topological polar surface area (TPSA) is 53.1 Å². The van der Waals surface area contributed by atoms with E-state index < -0.39 is 0 Å². The van der Waals surface area contributed by atoms with E-state index in [4.69, 9.17) is 10.5 Å². The van der Waals surface area contributed by atoms with Crippen molar-refractivity contribution in [1.82, 2.24) is 9.78 Å². The van der Waals surface area contributed by atoms with Crippen LogP contribution in [0.1, 0.15) is 28.3 Å². The highest BCUT2D eigenvalue weighted by atomic mass is 16.5. The molecule has 1 aromatic heterocycles. The highest BCUT2D eigenvalue weighted by molar-refractivity contribution is 5.37. The molecule has 4 heteroatoms. The first-order valence-electron chi connectivity index (χ1n) is 5.67. The van der Waals surface area contributed by atoms with Crippen LogP contribution in [0, 0.1) is 0 Å². The first kappa shape index (κ1) is 10.5. The number of aromatic nitrogens is 2. The van der Waals surface area contributed by atoms with Crippen LogP contribution in [-0.2, 0) is 25.0 Å². The van der Waals surface area contributed by atoms with E-state index in [1.165, 1.54) is 11.1 Å². The number of rotatable bonds is 2. The van der Waals surface area contributed by atoms with Crippen molar-refractivity contribution < 1.29 is 4.74 Å². The molecule has 17 heavy (non-hydrogen) atoms. The summed E-state index contributed by atoms with van der Waals surface area (Å²) >= 11 is 0. The second-order valence-electron chi connectivity index (χ2n) is 4.45. The summed E-state index contributed by atoms with van der Waals surface area (Å²) in [5.74, 6) is 0. The van der Waals surface area contributed by atoms with Crippen molar-refractivity contribution >= 4 is 0 Å². The number of benzene rings is 1. The normalized spacial score (nSPS) is 15.9. The third-order valence-corrected chi connectivity index (χ3v) is 3.19. The summed E-state index contributed by atoms with van der Waals surface area (Å²) in [4.78, 5) is 0. The molecule has 4 nitrogen and oxygen atoms in total. The zero-order chi connectivity index (χ0) is 11.8. The van der Waals surface area contributed by atoms with E-state index >= 15 is 0 Å². The van der Waals surface area contributed by atoms with E-state index in [0.29, 0.717) is 6.61 Å². The molecule has 1 unspecified atom stereocenters. The first-order chi connectivity index (χ1) is 8.24. The predicted molar refractivity (Wildman–Crippen MR) is 64.2 cm³/mol. The minimum atomic E-state index is -0.116. The molecule has 88 valence electrons. The molecule has 0 amide bonds. The summed E-state index contributed by atoms with van der Waals surface area (Å²) in [5, 5.41) is 4.15. The smallest absolute Gasteiger partial charge is 0.0725 e. The molecule has 0 fully saturated rings. The van der Waals surface area contributed by atoms with Crippen molar-refractivity contribution in [1.29, 1.82) is 0 Å². The lowest BCUT2D eigenvalue weighted by Crippen LogP contribution is -2.11. The molecule has 0 aliphatic carbocycles. The van der Waals surface area contributed by atoms with Gasteiger partial charge in [-0.25, -0.2) is 0 Å². The van der Waals surface area contributed by atoms with Crippen LogP contribution in [0.15, 0.2) is 30.6 Å². The second-order valence-corrected chi connectivity index (χ2v) is 4.45. The van der Waals surface area contributed by atoms with Gasteiger partial charge in [0.25, 0.3) is 0 Å². The molecule has 1 atom stereocenters. The van der Waals surface area contributed by atoms with Crippen LogP contribution >= 0.6 is 0 Å². The summed E-state index contributed by atoms with van der Waals surface area (Å²) in [5.41, 5.74) is 10.9. The van der Waals surface area contributed by atoms with Gasteiger partial charge in [0.1, 0.15) is 0 Å². The maximum Gasteiger partial charge on any atom is 0.0725 e. The number of aryl methyl sites for hydroxylation is 1. The number of ether oxygens (including phenoxy) is 1. The number of nitrogens with zero attached hydrogens (tertiary/aromatic N) is 2. The van der Waals surface area contributed by atoms with Crippen LogP contribution in [-0.4, -0.2) is 9.78 Å². The highest BCUT2D eigenvalue weighted by Crippen LogP contribution is 2.25. The molecule has 2 heterocycles.